The zero-order chi connectivity index (χ0) is 33.0. The SMILES string of the molecule is COc1ccc(-c2oc3c(CC=C(C)C)c(OCCCN4CCNCC4)cc(O)c3c(=O)c2O[C@@H]2O[C@@H](C)[C@H](O)[C@@H](O)[C@H]2O)cc1. The summed E-state index contributed by atoms with van der Waals surface area (Å²) in [7, 11) is 1.53. The number of benzene rings is 2. The van der Waals surface area contributed by atoms with Gasteiger partial charge < -0.3 is 54.0 Å². The maximum Gasteiger partial charge on any atom is 0.239 e. The topological polar surface area (TPSA) is 163 Å². The Hall–Kier alpha value is -3.65. The van der Waals surface area contributed by atoms with E-state index in [2.05, 4.69) is 10.2 Å². The summed E-state index contributed by atoms with van der Waals surface area (Å²) in [5.41, 5.74) is 1.49. The molecule has 0 bridgehead atoms. The van der Waals surface area contributed by atoms with Crippen molar-refractivity contribution in [3.8, 4) is 34.3 Å². The third-order valence-electron chi connectivity index (χ3n) is 8.36. The van der Waals surface area contributed by atoms with Gasteiger partial charge >= 0.3 is 0 Å². The van der Waals surface area contributed by atoms with E-state index in [4.69, 9.17) is 23.4 Å². The molecule has 0 radical (unpaired) electrons. The zero-order valence-electron chi connectivity index (χ0n) is 26.7. The second-order valence-electron chi connectivity index (χ2n) is 12.0. The first-order valence-corrected chi connectivity index (χ1v) is 15.6. The Morgan fingerprint density at radius 3 is 2.48 bits per heavy atom. The van der Waals surface area contributed by atoms with Crippen molar-refractivity contribution < 1.29 is 43.8 Å². The number of phenols is 1. The highest BCUT2D eigenvalue weighted by Crippen LogP contribution is 2.41. The standard InChI is InChI=1S/C34H44N2O10/c1-19(2)6-11-23-25(43-17-5-14-36-15-12-35-13-16-36)18-24(37)26-28(39)33(46-34-30(41)29(40)27(38)20(3)44-34)31(45-32(23)26)21-7-9-22(42-4)10-8-21/h6-10,18,20,27,29-30,34-35,37-38,40-41H,5,11-17H2,1-4H3/t20-,27-,29+,30+,34-/m0/s1. The van der Waals surface area contributed by atoms with Crippen molar-refractivity contribution in [2.24, 2.45) is 0 Å². The fourth-order valence-electron chi connectivity index (χ4n) is 5.66. The average Bonchev–Trinajstić information content (AvgIpc) is 3.05. The largest absolute Gasteiger partial charge is 0.507 e. The van der Waals surface area contributed by atoms with Gasteiger partial charge in [-0.05, 0) is 57.9 Å². The van der Waals surface area contributed by atoms with Gasteiger partial charge in [0.15, 0.2) is 5.76 Å². The smallest absolute Gasteiger partial charge is 0.239 e. The molecule has 2 aromatic carbocycles. The van der Waals surface area contributed by atoms with E-state index in [-0.39, 0.29) is 28.2 Å². The Labute approximate surface area is 267 Å². The first-order chi connectivity index (χ1) is 22.1. The number of hydrogen-bond donors (Lipinski definition) is 5. The Kier molecular flexibility index (Phi) is 10.9. The molecule has 5 rings (SSSR count). The number of nitrogens with zero attached hydrogens (tertiary/aromatic N) is 1. The van der Waals surface area contributed by atoms with E-state index in [0.717, 1.165) is 44.7 Å². The van der Waals surface area contributed by atoms with Crippen LogP contribution in [0.25, 0.3) is 22.3 Å². The molecule has 2 aliphatic rings. The highest BCUT2D eigenvalue weighted by atomic mass is 16.7. The molecule has 0 unspecified atom stereocenters. The molecule has 0 spiro atoms. The molecule has 46 heavy (non-hydrogen) atoms. The number of aliphatic hydroxyl groups excluding tert-OH is 3. The lowest BCUT2D eigenvalue weighted by atomic mass is 10.00. The van der Waals surface area contributed by atoms with Crippen molar-refractivity contribution in [3.05, 3.63) is 57.8 Å². The normalized spacial score (nSPS) is 23.7. The first-order valence-electron chi connectivity index (χ1n) is 15.6. The van der Waals surface area contributed by atoms with E-state index >= 15 is 0 Å². The van der Waals surface area contributed by atoms with Gasteiger partial charge in [0, 0.05) is 49.9 Å². The number of ether oxygens (including phenoxy) is 4. The molecular weight excluding hydrogens is 596 g/mol. The summed E-state index contributed by atoms with van der Waals surface area (Å²) in [6, 6.07) is 8.17. The van der Waals surface area contributed by atoms with Crippen molar-refractivity contribution in [1.82, 2.24) is 10.2 Å². The summed E-state index contributed by atoms with van der Waals surface area (Å²) in [6.45, 7) is 10.6. The van der Waals surface area contributed by atoms with Crippen LogP contribution in [0, 0.1) is 0 Å². The molecule has 5 atom stereocenters. The van der Waals surface area contributed by atoms with Gasteiger partial charge in [-0.15, -0.1) is 0 Å². The van der Waals surface area contributed by atoms with Crippen LogP contribution >= 0.6 is 0 Å². The lowest BCUT2D eigenvalue weighted by Crippen LogP contribution is -2.58. The Morgan fingerprint density at radius 2 is 1.80 bits per heavy atom. The summed E-state index contributed by atoms with van der Waals surface area (Å²) in [6.07, 6.45) is -3.92. The molecule has 1 aromatic heterocycles. The van der Waals surface area contributed by atoms with Crippen LogP contribution in [0.5, 0.6) is 23.0 Å². The molecule has 0 saturated carbocycles. The van der Waals surface area contributed by atoms with Crippen LogP contribution in [0.15, 0.2) is 51.2 Å². The highest BCUT2D eigenvalue weighted by Gasteiger charge is 2.44. The number of hydrogen-bond acceptors (Lipinski definition) is 12. The number of rotatable bonds is 11. The van der Waals surface area contributed by atoms with Crippen LogP contribution in [-0.4, -0.2) is 102 Å². The number of methoxy groups -OCH3 is 1. The Bertz CT molecular complexity index is 1580. The molecule has 0 aliphatic carbocycles. The van der Waals surface area contributed by atoms with Gasteiger partial charge in [0.1, 0.15) is 46.5 Å². The van der Waals surface area contributed by atoms with Crippen LogP contribution in [0.3, 0.4) is 0 Å². The third-order valence-corrected chi connectivity index (χ3v) is 8.36. The van der Waals surface area contributed by atoms with Crippen LogP contribution in [-0.2, 0) is 11.2 Å². The van der Waals surface area contributed by atoms with Crippen LogP contribution in [0.2, 0.25) is 0 Å². The summed E-state index contributed by atoms with van der Waals surface area (Å²) in [4.78, 5) is 16.6. The zero-order valence-corrected chi connectivity index (χ0v) is 26.7. The van der Waals surface area contributed by atoms with Gasteiger partial charge in [-0.2, -0.15) is 0 Å². The number of nitrogens with one attached hydrogen (secondary N) is 1. The molecule has 2 fully saturated rings. The summed E-state index contributed by atoms with van der Waals surface area (Å²) in [5.74, 6) is 0.285. The van der Waals surface area contributed by atoms with Crippen LogP contribution < -0.4 is 25.0 Å². The summed E-state index contributed by atoms with van der Waals surface area (Å²) >= 11 is 0. The summed E-state index contributed by atoms with van der Waals surface area (Å²) in [5, 5.41) is 45.7. The number of fused-ring (bicyclic) bond motifs is 1. The second-order valence-corrected chi connectivity index (χ2v) is 12.0. The predicted octanol–water partition coefficient (Wildman–Crippen LogP) is 2.56. The van der Waals surface area contributed by atoms with Crippen molar-refractivity contribution in [2.45, 2.75) is 64.3 Å². The minimum atomic E-state index is -1.68. The maximum absolute atomic E-state index is 14.2. The van der Waals surface area contributed by atoms with Crippen molar-refractivity contribution in [2.75, 3.05) is 46.4 Å². The molecule has 3 aromatic rings. The maximum atomic E-state index is 14.2. The lowest BCUT2D eigenvalue weighted by Gasteiger charge is -2.38. The Morgan fingerprint density at radius 1 is 1.09 bits per heavy atom. The fraction of sp³-hybridized carbons (Fsp3) is 0.500. The molecule has 12 heteroatoms. The first kappa shape index (κ1) is 33.7. The number of allylic oxidation sites excluding steroid dienone is 2. The van der Waals surface area contributed by atoms with E-state index < -0.39 is 36.1 Å². The molecule has 2 saturated heterocycles. The highest BCUT2D eigenvalue weighted by molar-refractivity contribution is 5.91. The molecular formula is C34H44N2O10. The Balaban J connectivity index is 1.60. The molecule has 12 nitrogen and oxygen atoms in total. The van der Waals surface area contributed by atoms with Crippen molar-refractivity contribution >= 4 is 11.0 Å². The molecule has 3 heterocycles. The van der Waals surface area contributed by atoms with Crippen LogP contribution in [0.1, 0.15) is 32.8 Å². The number of aromatic hydroxyl groups is 1. The summed E-state index contributed by atoms with van der Waals surface area (Å²) < 4.78 is 29.6. The van der Waals surface area contributed by atoms with E-state index in [9.17, 15) is 25.2 Å². The van der Waals surface area contributed by atoms with Gasteiger partial charge in [0.2, 0.25) is 17.5 Å². The van der Waals surface area contributed by atoms with E-state index in [1.165, 1.54) is 20.1 Å². The van der Waals surface area contributed by atoms with Crippen molar-refractivity contribution in [3.63, 3.8) is 0 Å². The van der Waals surface area contributed by atoms with Crippen molar-refractivity contribution in [1.29, 1.82) is 0 Å². The lowest BCUT2D eigenvalue weighted by molar-refractivity contribution is -0.268. The number of phenolic OH excluding ortho intramolecular Hbond substituents is 1. The number of aliphatic hydroxyl groups is 3. The van der Waals surface area contributed by atoms with Gasteiger partial charge in [-0.1, -0.05) is 11.6 Å². The second kappa shape index (κ2) is 14.8. The monoisotopic (exact) mass is 640 g/mol. The fourth-order valence-corrected chi connectivity index (χ4v) is 5.66. The minimum absolute atomic E-state index is 0.0120. The van der Waals surface area contributed by atoms with Gasteiger partial charge in [-0.25, -0.2) is 0 Å². The van der Waals surface area contributed by atoms with Gasteiger partial charge in [-0.3, -0.25) is 4.79 Å². The quantitative estimate of drug-likeness (QED) is 0.154. The van der Waals surface area contributed by atoms with E-state index in [0.29, 0.717) is 35.7 Å². The van der Waals surface area contributed by atoms with Gasteiger partial charge in [0.25, 0.3) is 0 Å². The molecule has 0 amide bonds. The molecule has 250 valence electrons. The van der Waals surface area contributed by atoms with E-state index in [1.54, 1.807) is 24.3 Å². The van der Waals surface area contributed by atoms with E-state index in [1.807, 2.05) is 19.9 Å². The molecule has 2 aliphatic heterocycles. The van der Waals surface area contributed by atoms with Crippen LogP contribution in [0.4, 0.5) is 0 Å². The minimum Gasteiger partial charge on any atom is -0.507 e. The predicted molar refractivity (Wildman–Crippen MR) is 172 cm³/mol. The van der Waals surface area contributed by atoms with Gasteiger partial charge in [0.05, 0.1) is 19.8 Å². The molecule has 5 N–H and O–H groups in total. The average molecular weight is 641 g/mol. The number of piperazine rings is 1. The third kappa shape index (κ3) is 7.33.